The molecule has 32 heavy (non-hydrogen) atoms. The van der Waals surface area contributed by atoms with Crippen molar-refractivity contribution in [1.82, 2.24) is 14.3 Å². The SMILES string of the molecule is Cn1c(C(F)(F)F)cc(=O)n(-c2cc3onc(CSC4=NOC(C)(C)C4)c3cc2F)c1=O. The Morgan fingerprint density at radius 3 is 2.56 bits per heavy atom. The standard InChI is InChI=1S/C19H16F4N4O4S/c1-18(2)7-15(25-31-18)32-8-11-9-4-10(20)12(5-13(9)30-24-11)27-16(28)6-14(19(21,22)23)26(3)17(27)29/h4-6H,7-8H2,1-3H3. The maximum atomic E-state index is 14.9. The fourth-order valence-electron chi connectivity index (χ4n) is 3.22. The molecule has 0 amide bonds. The average molecular weight is 472 g/mol. The van der Waals surface area contributed by atoms with Crippen molar-refractivity contribution in [2.45, 2.75) is 37.8 Å². The molecule has 0 fully saturated rings. The lowest BCUT2D eigenvalue weighted by Crippen LogP contribution is -2.41. The molecule has 0 bridgehead atoms. The highest BCUT2D eigenvalue weighted by molar-refractivity contribution is 8.13. The third-order valence-corrected chi connectivity index (χ3v) is 5.78. The summed E-state index contributed by atoms with van der Waals surface area (Å²) < 4.78 is 59.7. The first kappa shape index (κ1) is 22.1. The summed E-state index contributed by atoms with van der Waals surface area (Å²) in [5, 5.41) is 8.92. The van der Waals surface area contributed by atoms with Gasteiger partial charge in [-0.25, -0.2) is 13.8 Å². The first-order chi connectivity index (χ1) is 14.9. The van der Waals surface area contributed by atoms with Gasteiger partial charge in [-0.1, -0.05) is 10.3 Å². The minimum absolute atomic E-state index is 0.0655. The molecule has 0 aliphatic carbocycles. The second-order valence-electron chi connectivity index (χ2n) is 7.77. The predicted octanol–water partition coefficient (Wildman–Crippen LogP) is 3.58. The van der Waals surface area contributed by atoms with E-state index < -0.39 is 40.2 Å². The van der Waals surface area contributed by atoms with Gasteiger partial charge < -0.3 is 9.36 Å². The lowest BCUT2D eigenvalue weighted by Gasteiger charge is -2.14. The van der Waals surface area contributed by atoms with Crippen LogP contribution in [0, 0.1) is 5.82 Å². The van der Waals surface area contributed by atoms with Gasteiger partial charge in [0.05, 0.1) is 5.69 Å². The Hall–Kier alpha value is -3.09. The summed E-state index contributed by atoms with van der Waals surface area (Å²) in [7, 11) is 0.845. The Balaban J connectivity index is 1.71. The van der Waals surface area contributed by atoms with Gasteiger partial charge in [-0.2, -0.15) is 13.2 Å². The topological polar surface area (TPSA) is 91.6 Å². The number of rotatable bonds is 3. The first-order valence-corrected chi connectivity index (χ1v) is 10.2. The second-order valence-corrected chi connectivity index (χ2v) is 8.82. The number of thioether (sulfide) groups is 1. The van der Waals surface area contributed by atoms with E-state index in [1.54, 1.807) is 0 Å². The number of aromatic nitrogens is 3. The van der Waals surface area contributed by atoms with Crippen molar-refractivity contribution in [3.8, 4) is 5.69 Å². The molecule has 13 heteroatoms. The van der Waals surface area contributed by atoms with Crippen molar-refractivity contribution in [2.75, 3.05) is 0 Å². The van der Waals surface area contributed by atoms with E-state index in [1.165, 1.54) is 11.8 Å². The van der Waals surface area contributed by atoms with Gasteiger partial charge in [0.15, 0.2) is 5.58 Å². The summed E-state index contributed by atoms with van der Waals surface area (Å²) in [4.78, 5) is 30.0. The van der Waals surface area contributed by atoms with Gasteiger partial charge in [-0.05, 0) is 19.9 Å². The lowest BCUT2D eigenvalue weighted by atomic mass is 10.1. The van der Waals surface area contributed by atoms with Crippen LogP contribution in [0.2, 0.25) is 0 Å². The van der Waals surface area contributed by atoms with E-state index in [-0.39, 0.29) is 16.2 Å². The quantitative estimate of drug-likeness (QED) is 0.542. The maximum Gasteiger partial charge on any atom is 0.431 e. The van der Waals surface area contributed by atoms with E-state index >= 15 is 0 Å². The number of benzene rings is 1. The largest absolute Gasteiger partial charge is 0.431 e. The number of halogens is 4. The third-order valence-electron chi connectivity index (χ3n) is 4.81. The van der Waals surface area contributed by atoms with E-state index in [0.717, 1.165) is 24.2 Å². The van der Waals surface area contributed by atoms with Crippen LogP contribution in [-0.4, -0.2) is 24.9 Å². The molecule has 2 aromatic heterocycles. The van der Waals surface area contributed by atoms with Crippen LogP contribution in [0.15, 0.2) is 37.5 Å². The molecular weight excluding hydrogens is 456 g/mol. The van der Waals surface area contributed by atoms with Gasteiger partial charge in [-0.15, -0.1) is 11.8 Å². The summed E-state index contributed by atoms with van der Waals surface area (Å²) in [5.74, 6) is -0.694. The van der Waals surface area contributed by atoms with Gasteiger partial charge in [-0.3, -0.25) is 9.36 Å². The van der Waals surface area contributed by atoms with E-state index in [9.17, 15) is 27.2 Å². The van der Waals surface area contributed by atoms with Crippen molar-refractivity contribution in [3.63, 3.8) is 0 Å². The molecule has 1 aliphatic rings. The van der Waals surface area contributed by atoms with E-state index in [4.69, 9.17) is 9.36 Å². The molecule has 170 valence electrons. The molecule has 1 aromatic carbocycles. The molecule has 0 N–H and O–H groups in total. The minimum atomic E-state index is -4.92. The van der Waals surface area contributed by atoms with Gasteiger partial charge in [0.25, 0.3) is 5.56 Å². The van der Waals surface area contributed by atoms with Crippen molar-refractivity contribution in [1.29, 1.82) is 0 Å². The molecule has 0 saturated heterocycles. The molecule has 0 unspecified atom stereocenters. The highest BCUT2D eigenvalue weighted by Crippen LogP contribution is 2.32. The average Bonchev–Trinajstić information content (AvgIpc) is 3.24. The Bertz CT molecular complexity index is 1370. The first-order valence-electron chi connectivity index (χ1n) is 9.24. The summed E-state index contributed by atoms with van der Waals surface area (Å²) in [6.45, 7) is 3.78. The summed E-state index contributed by atoms with van der Waals surface area (Å²) >= 11 is 1.34. The summed E-state index contributed by atoms with van der Waals surface area (Å²) in [6.07, 6.45) is -4.32. The Kier molecular flexibility index (Phi) is 5.18. The number of nitrogens with zero attached hydrogens (tertiary/aromatic N) is 4. The van der Waals surface area contributed by atoms with Crippen LogP contribution in [0.1, 0.15) is 31.7 Å². The van der Waals surface area contributed by atoms with Crippen molar-refractivity contribution in [3.05, 3.63) is 56.2 Å². The zero-order chi connectivity index (χ0) is 23.4. The lowest BCUT2D eigenvalue weighted by molar-refractivity contribution is -0.144. The summed E-state index contributed by atoms with van der Waals surface area (Å²) in [6, 6.07) is 2.32. The molecular formula is C19H16F4N4O4S. The van der Waals surface area contributed by atoms with Crippen LogP contribution in [0.4, 0.5) is 17.6 Å². The molecule has 1 aliphatic heterocycles. The Morgan fingerprint density at radius 2 is 1.94 bits per heavy atom. The van der Waals surface area contributed by atoms with Crippen LogP contribution in [0.25, 0.3) is 16.7 Å². The molecule has 3 aromatic rings. The van der Waals surface area contributed by atoms with E-state index in [0.29, 0.717) is 27.8 Å². The van der Waals surface area contributed by atoms with Crippen LogP contribution >= 0.6 is 11.8 Å². The highest BCUT2D eigenvalue weighted by atomic mass is 32.2. The van der Waals surface area contributed by atoms with Gasteiger partial charge in [0.2, 0.25) is 0 Å². The Labute approximate surface area is 181 Å². The fourth-order valence-corrected chi connectivity index (χ4v) is 4.28. The molecule has 0 radical (unpaired) electrons. The van der Waals surface area contributed by atoms with Crippen LogP contribution < -0.4 is 11.2 Å². The molecule has 3 heterocycles. The predicted molar refractivity (Wildman–Crippen MR) is 108 cm³/mol. The maximum absolute atomic E-state index is 14.9. The number of oxime groups is 1. The molecule has 8 nitrogen and oxygen atoms in total. The Morgan fingerprint density at radius 1 is 1.22 bits per heavy atom. The van der Waals surface area contributed by atoms with Crippen molar-refractivity contribution in [2.24, 2.45) is 12.2 Å². The monoisotopic (exact) mass is 472 g/mol. The highest BCUT2D eigenvalue weighted by Gasteiger charge is 2.35. The fraction of sp³-hybridized carbons (Fsp3) is 0.368. The third kappa shape index (κ3) is 3.92. The van der Waals surface area contributed by atoms with Crippen LogP contribution in [-0.2, 0) is 23.8 Å². The number of hydrogen-bond donors (Lipinski definition) is 0. The molecule has 0 saturated carbocycles. The smallest absolute Gasteiger partial charge is 0.389 e. The number of fused-ring (bicyclic) bond motifs is 1. The molecule has 4 rings (SSSR count). The summed E-state index contributed by atoms with van der Waals surface area (Å²) in [5.41, 5.74) is -4.59. The normalized spacial score (nSPS) is 15.8. The van der Waals surface area contributed by atoms with Crippen LogP contribution in [0.5, 0.6) is 0 Å². The minimum Gasteiger partial charge on any atom is -0.389 e. The van der Waals surface area contributed by atoms with Crippen molar-refractivity contribution >= 4 is 27.8 Å². The van der Waals surface area contributed by atoms with Gasteiger partial charge >= 0.3 is 11.9 Å². The van der Waals surface area contributed by atoms with Crippen molar-refractivity contribution < 1.29 is 26.9 Å². The zero-order valence-corrected chi connectivity index (χ0v) is 17.8. The van der Waals surface area contributed by atoms with Crippen LogP contribution in [0.3, 0.4) is 0 Å². The molecule has 0 atom stereocenters. The van der Waals surface area contributed by atoms with Gasteiger partial charge in [0.1, 0.15) is 27.8 Å². The van der Waals surface area contributed by atoms with Gasteiger partial charge in [0, 0.05) is 36.7 Å². The molecule has 0 spiro atoms. The second kappa shape index (κ2) is 7.50. The number of alkyl halides is 3. The van der Waals surface area contributed by atoms with E-state index in [1.807, 2.05) is 13.8 Å². The zero-order valence-electron chi connectivity index (χ0n) is 17.0. The van der Waals surface area contributed by atoms with E-state index in [2.05, 4.69) is 10.3 Å². The number of hydrogen-bond acceptors (Lipinski definition) is 7.